The first kappa shape index (κ1) is 18.0. The van der Waals surface area contributed by atoms with E-state index in [1.54, 1.807) is 42.5 Å². The number of nitrogens with one attached hydrogen (secondary N) is 1. The quantitative estimate of drug-likeness (QED) is 0.698. The van der Waals surface area contributed by atoms with Gasteiger partial charge in [-0.1, -0.05) is 55.6 Å². The molecule has 7 heteroatoms. The molecule has 23 heavy (non-hydrogen) atoms. The minimum absolute atomic E-state index is 0.174. The Labute approximate surface area is 155 Å². The third kappa shape index (κ3) is 5.34. The Kier molecular flexibility index (Phi) is 6.21. The van der Waals surface area contributed by atoms with Crippen molar-refractivity contribution in [3.05, 3.63) is 67.6 Å². The van der Waals surface area contributed by atoms with Gasteiger partial charge in [-0.15, -0.1) is 0 Å². The van der Waals surface area contributed by atoms with Crippen molar-refractivity contribution < 1.29 is 14.7 Å². The predicted octanol–water partition coefficient (Wildman–Crippen LogP) is 4.29. The third-order valence-corrected chi connectivity index (χ3v) is 4.25. The minimum atomic E-state index is -1.10. The van der Waals surface area contributed by atoms with Crippen LogP contribution in [0, 0.1) is 0 Å². The highest BCUT2D eigenvalue weighted by molar-refractivity contribution is 9.11. The molecular weight excluding hydrogens is 449 g/mol. The Morgan fingerprint density at radius 3 is 2.17 bits per heavy atom. The maximum atomic E-state index is 12.3. The highest BCUT2D eigenvalue weighted by atomic mass is 79.9. The largest absolute Gasteiger partial charge is 0.480 e. The normalized spacial score (nSPS) is 11.8. The van der Waals surface area contributed by atoms with Crippen LogP contribution in [0.1, 0.15) is 15.9 Å². The lowest BCUT2D eigenvalue weighted by atomic mass is 10.1. The molecule has 0 fully saturated rings. The van der Waals surface area contributed by atoms with Gasteiger partial charge in [0.25, 0.3) is 5.91 Å². The smallest absolute Gasteiger partial charge is 0.326 e. The van der Waals surface area contributed by atoms with E-state index in [1.807, 2.05) is 0 Å². The molecule has 0 bridgehead atoms. The molecule has 0 heterocycles. The van der Waals surface area contributed by atoms with E-state index < -0.39 is 17.9 Å². The Bertz CT molecular complexity index is 714. The van der Waals surface area contributed by atoms with Gasteiger partial charge in [0, 0.05) is 26.0 Å². The summed E-state index contributed by atoms with van der Waals surface area (Å²) in [6.45, 7) is 0. The SMILES string of the molecule is O=C(N[C@H](Cc1ccc(Cl)cc1)C(=O)O)c1cc(Br)cc(Br)c1. The van der Waals surface area contributed by atoms with Gasteiger partial charge in [0.1, 0.15) is 6.04 Å². The molecule has 0 aliphatic carbocycles. The first-order valence-corrected chi connectivity index (χ1v) is 8.56. The van der Waals surface area contributed by atoms with Gasteiger partial charge in [0.2, 0.25) is 0 Å². The van der Waals surface area contributed by atoms with Crippen molar-refractivity contribution in [3.63, 3.8) is 0 Å². The van der Waals surface area contributed by atoms with E-state index in [0.29, 0.717) is 10.6 Å². The predicted molar refractivity (Wildman–Crippen MR) is 95.9 cm³/mol. The van der Waals surface area contributed by atoms with Crippen molar-refractivity contribution >= 4 is 55.3 Å². The molecular formula is C16H12Br2ClNO3. The van der Waals surface area contributed by atoms with Crippen LogP contribution in [-0.2, 0) is 11.2 Å². The van der Waals surface area contributed by atoms with Crippen molar-refractivity contribution in [2.45, 2.75) is 12.5 Å². The average molecular weight is 462 g/mol. The number of amides is 1. The Balaban J connectivity index is 2.14. The zero-order chi connectivity index (χ0) is 17.0. The third-order valence-electron chi connectivity index (χ3n) is 3.08. The van der Waals surface area contributed by atoms with Crippen molar-refractivity contribution in [3.8, 4) is 0 Å². The maximum Gasteiger partial charge on any atom is 0.326 e. The second-order valence-electron chi connectivity index (χ2n) is 4.85. The molecule has 2 rings (SSSR count). The molecule has 0 saturated carbocycles. The van der Waals surface area contributed by atoms with Crippen LogP contribution < -0.4 is 5.32 Å². The van der Waals surface area contributed by atoms with Crippen LogP contribution >= 0.6 is 43.5 Å². The molecule has 0 radical (unpaired) electrons. The fourth-order valence-electron chi connectivity index (χ4n) is 1.98. The first-order chi connectivity index (χ1) is 10.8. The second-order valence-corrected chi connectivity index (χ2v) is 7.12. The van der Waals surface area contributed by atoms with Gasteiger partial charge in [0.05, 0.1) is 0 Å². The molecule has 0 saturated heterocycles. The van der Waals surface area contributed by atoms with Crippen LogP contribution in [0.3, 0.4) is 0 Å². The van der Waals surface area contributed by atoms with Crippen molar-refractivity contribution in [1.29, 1.82) is 0 Å². The van der Waals surface area contributed by atoms with Crippen LogP contribution in [0.15, 0.2) is 51.4 Å². The van der Waals surface area contributed by atoms with Gasteiger partial charge in [0.15, 0.2) is 0 Å². The maximum absolute atomic E-state index is 12.3. The van der Waals surface area contributed by atoms with Crippen LogP contribution in [-0.4, -0.2) is 23.0 Å². The number of carboxylic acids is 1. The average Bonchev–Trinajstić information content (AvgIpc) is 2.47. The van der Waals surface area contributed by atoms with E-state index >= 15 is 0 Å². The summed E-state index contributed by atoms with van der Waals surface area (Å²) in [5, 5.41) is 12.4. The van der Waals surface area contributed by atoms with E-state index in [4.69, 9.17) is 11.6 Å². The molecule has 2 N–H and O–H groups in total. The van der Waals surface area contributed by atoms with Gasteiger partial charge >= 0.3 is 5.97 Å². The van der Waals surface area contributed by atoms with Crippen molar-refractivity contribution in [2.24, 2.45) is 0 Å². The van der Waals surface area contributed by atoms with Crippen LogP contribution in [0.5, 0.6) is 0 Å². The van der Waals surface area contributed by atoms with Gasteiger partial charge in [-0.25, -0.2) is 4.79 Å². The molecule has 2 aromatic rings. The fraction of sp³-hybridized carbons (Fsp3) is 0.125. The molecule has 0 unspecified atom stereocenters. The summed E-state index contributed by atoms with van der Waals surface area (Å²) >= 11 is 12.4. The molecule has 1 amide bonds. The summed E-state index contributed by atoms with van der Waals surface area (Å²) < 4.78 is 1.45. The standard InChI is InChI=1S/C16H12Br2ClNO3/c17-11-6-10(7-12(18)8-11)15(21)20-14(16(22)23)5-9-1-3-13(19)4-2-9/h1-4,6-8,14H,5H2,(H,20,21)(H,22,23)/t14-/m1/s1. The van der Waals surface area contributed by atoms with E-state index in [9.17, 15) is 14.7 Å². The summed E-state index contributed by atoms with van der Waals surface area (Å²) in [6, 6.07) is 10.9. The van der Waals surface area contributed by atoms with Gasteiger partial charge < -0.3 is 10.4 Å². The molecule has 2 aromatic carbocycles. The Morgan fingerprint density at radius 1 is 1.09 bits per heavy atom. The topological polar surface area (TPSA) is 66.4 Å². The van der Waals surface area contributed by atoms with Gasteiger partial charge in [-0.3, -0.25) is 4.79 Å². The lowest BCUT2D eigenvalue weighted by molar-refractivity contribution is -0.139. The molecule has 120 valence electrons. The molecule has 4 nitrogen and oxygen atoms in total. The number of rotatable bonds is 5. The van der Waals surface area contributed by atoms with E-state index in [-0.39, 0.29) is 6.42 Å². The number of aliphatic carboxylic acids is 1. The van der Waals surface area contributed by atoms with Crippen molar-refractivity contribution in [1.82, 2.24) is 5.32 Å². The second kappa shape index (κ2) is 7.95. The summed E-state index contributed by atoms with van der Waals surface area (Å²) in [5.74, 6) is -1.55. The number of hydrogen-bond donors (Lipinski definition) is 2. The first-order valence-electron chi connectivity index (χ1n) is 6.59. The number of halogens is 3. The lowest BCUT2D eigenvalue weighted by Crippen LogP contribution is -2.42. The van der Waals surface area contributed by atoms with E-state index in [2.05, 4.69) is 37.2 Å². The molecule has 1 atom stereocenters. The van der Waals surface area contributed by atoms with Gasteiger partial charge in [-0.05, 0) is 35.9 Å². The highest BCUT2D eigenvalue weighted by Gasteiger charge is 2.21. The van der Waals surface area contributed by atoms with Crippen molar-refractivity contribution in [2.75, 3.05) is 0 Å². The highest BCUT2D eigenvalue weighted by Crippen LogP contribution is 2.20. The number of benzene rings is 2. The molecule has 0 aliphatic rings. The summed E-state index contributed by atoms with van der Waals surface area (Å²) in [4.78, 5) is 23.7. The summed E-state index contributed by atoms with van der Waals surface area (Å²) in [6.07, 6.45) is 0.174. The lowest BCUT2D eigenvalue weighted by Gasteiger charge is -2.15. The van der Waals surface area contributed by atoms with E-state index in [1.165, 1.54) is 0 Å². The number of carbonyl (C=O) groups excluding carboxylic acids is 1. The number of carbonyl (C=O) groups is 2. The van der Waals surface area contributed by atoms with Crippen LogP contribution in [0.2, 0.25) is 5.02 Å². The molecule has 0 spiro atoms. The molecule has 0 aromatic heterocycles. The fourth-order valence-corrected chi connectivity index (χ4v) is 3.40. The zero-order valence-electron chi connectivity index (χ0n) is 11.7. The Hall–Kier alpha value is -1.37. The van der Waals surface area contributed by atoms with Crippen LogP contribution in [0.4, 0.5) is 0 Å². The molecule has 0 aliphatic heterocycles. The monoisotopic (exact) mass is 459 g/mol. The van der Waals surface area contributed by atoms with Gasteiger partial charge in [-0.2, -0.15) is 0 Å². The van der Waals surface area contributed by atoms with E-state index in [0.717, 1.165) is 14.5 Å². The van der Waals surface area contributed by atoms with Crippen LogP contribution in [0.25, 0.3) is 0 Å². The number of hydrogen-bond acceptors (Lipinski definition) is 2. The summed E-state index contributed by atoms with van der Waals surface area (Å²) in [7, 11) is 0. The Morgan fingerprint density at radius 2 is 1.65 bits per heavy atom. The summed E-state index contributed by atoms with van der Waals surface area (Å²) in [5.41, 5.74) is 1.14. The number of carboxylic acid groups (broad SMARTS) is 1. The minimum Gasteiger partial charge on any atom is -0.480 e. The zero-order valence-corrected chi connectivity index (χ0v) is 15.7.